The van der Waals surface area contributed by atoms with Crippen molar-refractivity contribution in [3.05, 3.63) is 64.4 Å². The minimum absolute atomic E-state index is 0.118. The van der Waals surface area contributed by atoms with Crippen molar-refractivity contribution in [2.75, 3.05) is 25.1 Å². The van der Waals surface area contributed by atoms with E-state index in [9.17, 15) is 9.59 Å². The lowest BCUT2D eigenvalue weighted by molar-refractivity contribution is -0.136. The Morgan fingerprint density at radius 3 is 2.65 bits per heavy atom. The molecule has 1 saturated heterocycles. The number of hydrogen-bond donors (Lipinski definition) is 2. The number of anilines is 1. The minimum Gasteiger partial charge on any atom is -0.461 e. The topological polar surface area (TPSA) is 96.2 Å². The molecule has 1 unspecified atom stereocenters. The van der Waals surface area contributed by atoms with E-state index >= 15 is 0 Å². The molecule has 2 aliphatic rings. The van der Waals surface area contributed by atoms with Crippen LogP contribution in [-0.4, -0.2) is 48.5 Å². The van der Waals surface area contributed by atoms with Gasteiger partial charge in [0, 0.05) is 41.6 Å². The molecule has 5 rings (SSSR count). The predicted octanol–water partition coefficient (Wildman–Crippen LogP) is 4.68. The summed E-state index contributed by atoms with van der Waals surface area (Å²) in [4.78, 5) is 32.8. The second-order valence-corrected chi connectivity index (χ2v) is 9.94. The fourth-order valence-corrected chi connectivity index (χ4v) is 4.96. The lowest BCUT2D eigenvalue weighted by Gasteiger charge is -2.33. The van der Waals surface area contributed by atoms with Crippen molar-refractivity contribution in [2.45, 2.75) is 45.7 Å². The molecule has 2 aliphatic heterocycles. The largest absolute Gasteiger partial charge is 0.461 e. The molecule has 2 amide bonds. The Kier molecular flexibility index (Phi) is 7.48. The highest BCUT2D eigenvalue weighted by atomic mass is 35.5. The van der Waals surface area contributed by atoms with Gasteiger partial charge in [-0.25, -0.2) is 4.99 Å². The van der Waals surface area contributed by atoms with Crippen LogP contribution in [-0.2, 0) is 27.3 Å². The Bertz CT molecular complexity index is 1330. The minimum atomic E-state index is -0.723. The highest BCUT2D eigenvalue weighted by Gasteiger charge is 2.35. The molecule has 3 heterocycles. The van der Waals surface area contributed by atoms with Gasteiger partial charge in [-0.05, 0) is 61.2 Å². The Labute approximate surface area is 221 Å². The number of benzene rings is 2. The molecular formula is C28H31ClN4O4. The van der Waals surface area contributed by atoms with Crippen LogP contribution in [0.25, 0.3) is 11.0 Å². The van der Waals surface area contributed by atoms with E-state index in [0.717, 1.165) is 40.0 Å². The molecule has 194 valence electrons. The molecule has 8 nitrogen and oxygen atoms in total. The van der Waals surface area contributed by atoms with Crippen molar-refractivity contribution in [3.63, 3.8) is 0 Å². The summed E-state index contributed by atoms with van der Waals surface area (Å²) >= 11 is 6.07. The average Bonchev–Trinajstić information content (AvgIpc) is 3.24. The van der Waals surface area contributed by atoms with Crippen LogP contribution in [0.2, 0.25) is 5.02 Å². The van der Waals surface area contributed by atoms with Gasteiger partial charge in [0.2, 0.25) is 11.9 Å². The molecule has 1 atom stereocenters. The zero-order chi connectivity index (χ0) is 25.9. The summed E-state index contributed by atoms with van der Waals surface area (Å²) in [5, 5.41) is 7.92. The molecule has 2 aromatic carbocycles. The number of guanidine groups is 1. The molecule has 0 radical (unpaired) electrons. The van der Waals surface area contributed by atoms with Gasteiger partial charge >= 0.3 is 0 Å². The molecule has 2 N–H and O–H groups in total. The van der Waals surface area contributed by atoms with Gasteiger partial charge in [0.05, 0.1) is 13.1 Å². The third-order valence-electron chi connectivity index (χ3n) is 7.02. The van der Waals surface area contributed by atoms with Crippen LogP contribution in [0.4, 0.5) is 5.69 Å². The lowest BCUT2D eigenvalue weighted by atomic mass is 9.99. The summed E-state index contributed by atoms with van der Waals surface area (Å²) in [6.45, 7) is 5.70. The number of ether oxygens (including phenoxy) is 1. The smallest absolute Gasteiger partial charge is 0.254 e. The van der Waals surface area contributed by atoms with E-state index in [0.29, 0.717) is 43.6 Å². The molecule has 3 aromatic rings. The monoisotopic (exact) mass is 522 g/mol. The molecule has 0 saturated carbocycles. The lowest BCUT2D eigenvalue weighted by Crippen LogP contribution is -2.57. The van der Waals surface area contributed by atoms with Crippen molar-refractivity contribution in [2.24, 2.45) is 10.9 Å². The zero-order valence-electron chi connectivity index (χ0n) is 21.1. The second-order valence-electron chi connectivity index (χ2n) is 9.50. The van der Waals surface area contributed by atoms with Gasteiger partial charge < -0.3 is 19.8 Å². The normalized spacial score (nSPS) is 18.7. The van der Waals surface area contributed by atoms with E-state index in [-0.39, 0.29) is 24.3 Å². The predicted molar refractivity (Wildman–Crippen MR) is 144 cm³/mol. The number of amides is 2. The fraction of sp³-hybridized carbons (Fsp3) is 0.393. The van der Waals surface area contributed by atoms with Crippen LogP contribution < -0.4 is 10.6 Å². The molecule has 0 bridgehead atoms. The van der Waals surface area contributed by atoms with Crippen molar-refractivity contribution < 1.29 is 18.7 Å². The first kappa shape index (κ1) is 25.3. The highest BCUT2D eigenvalue weighted by molar-refractivity contribution is 6.30. The van der Waals surface area contributed by atoms with Gasteiger partial charge in [0.1, 0.15) is 17.4 Å². The Morgan fingerprint density at radius 1 is 1.16 bits per heavy atom. The van der Waals surface area contributed by atoms with Crippen molar-refractivity contribution in [1.29, 1.82) is 0 Å². The van der Waals surface area contributed by atoms with Crippen molar-refractivity contribution in [3.8, 4) is 0 Å². The number of nitrogens with one attached hydrogen (secondary N) is 2. The maximum atomic E-state index is 13.6. The summed E-state index contributed by atoms with van der Waals surface area (Å²) in [5.41, 5.74) is 3.64. The standard InChI is InChI=1S/C28H31ClN4O4/c1-3-24-17(2)22-14-21(8-9-25(22)37-24)31-28-30-15-23(32-26(34)19-10-12-36-13-11-19)27(35)33(28)16-18-4-6-20(29)7-5-18/h4-9,14,19,23H,3,10-13,15-16H2,1-2H3,(H,30,31)(H,32,34). The number of rotatable bonds is 6. The summed E-state index contributed by atoms with van der Waals surface area (Å²) in [7, 11) is 0. The van der Waals surface area contributed by atoms with Gasteiger partial charge in [-0.3, -0.25) is 14.5 Å². The number of aryl methyl sites for hydroxylation is 2. The number of furan rings is 1. The maximum absolute atomic E-state index is 13.6. The molecule has 9 heteroatoms. The average molecular weight is 523 g/mol. The molecular weight excluding hydrogens is 492 g/mol. The van der Waals surface area contributed by atoms with Crippen LogP contribution in [0.3, 0.4) is 0 Å². The first-order chi connectivity index (χ1) is 17.9. The second kappa shape index (κ2) is 10.9. The van der Waals surface area contributed by atoms with E-state index in [4.69, 9.17) is 25.7 Å². The van der Waals surface area contributed by atoms with Crippen LogP contribution in [0.5, 0.6) is 0 Å². The third-order valence-corrected chi connectivity index (χ3v) is 7.27. The molecule has 0 aliphatic carbocycles. The zero-order valence-corrected chi connectivity index (χ0v) is 21.8. The van der Waals surface area contributed by atoms with E-state index in [2.05, 4.69) is 24.5 Å². The SMILES string of the molecule is CCc1oc2ccc(NC3=NCC(NC(=O)C4CCOCC4)C(=O)N3Cc3ccc(Cl)cc3)cc2c1C. The Hall–Kier alpha value is -3.36. The quantitative estimate of drug-likeness (QED) is 0.490. The first-order valence-corrected chi connectivity index (χ1v) is 13.1. The van der Waals surface area contributed by atoms with Crippen LogP contribution in [0.1, 0.15) is 36.7 Å². The first-order valence-electron chi connectivity index (χ1n) is 12.7. The number of fused-ring (bicyclic) bond motifs is 1. The van der Waals surface area contributed by atoms with Crippen molar-refractivity contribution in [1.82, 2.24) is 10.2 Å². The molecule has 1 aromatic heterocycles. The van der Waals surface area contributed by atoms with E-state index in [1.807, 2.05) is 30.3 Å². The molecule has 0 spiro atoms. The fourth-order valence-electron chi connectivity index (χ4n) is 4.84. The Morgan fingerprint density at radius 2 is 1.92 bits per heavy atom. The number of carbonyl (C=O) groups excluding carboxylic acids is 2. The number of aliphatic imine (C=N–C) groups is 1. The van der Waals surface area contributed by atoms with E-state index in [1.54, 1.807) is 17.0 Å². The summed E-state index contributed by atoms with van der Waals surface area (Å²) < 4.78 is 11.3. The maximum Gasteiger partial charge on any atom is 0.254 e. The van der Waals surface area contributed by atoms with E-state index in [1.165, 1.54) is 0 Å². The van der Waals surface area contributed by atoms with E-state index < -0.39 is 6.04 Å². The molecule has 37 heavy (non-hydrogen) atoms. The summed E-state index contributed by atoms with van der Waals surface area (Å²) in [5.74, 6) is 0.930. The van der Waals surface area contributed by atoms with Gasteiger partial charge in [-0.15, -0.1) is 0 Å². The van der Waals surface area contributed by atoms with Gasteiger partial charge in [0.15, 0.2) is 0 Å². The number of halogens is 1. The third kappa shape index (κ3) is 5.50. The summed E-state index contributed by atoms with van der Waals surface area (Å²) in [6, 6.07) is 12.5. The highest BCUT2D eigenvalue weighted by Crippen LogP contribution is 2.29. The van der Waals surface area contributed by atoms with Crippen molar-refractivity contribution >= 4 is 46.0 Å². The number of carbonyl (C=O) groups is 2. The van der Waals surface area contributed by atoms with Crippen LogP contribution in [0, 0.1) is 12.8 Å². The Balaban J connectivity index is 1.40. The van der Waals surface area contributed by atoms with Gasteiger partial charge in [-0.1, -0.05) is 30.7 Å². The number of nitrogens with zero attached hydrogens (tertiary/aromatic N) is 2. The van der Waals surface area contributed by atoms with Gasteiger partial charge in [-0.2, -0.15) is 0 Å². The molecule has 1 fully saturated rings. The van der Waals surface area contributed by atoms with Crippen LogP contribution in [0.15, 0.2) is 51.9 Å². The number of hydrogen-bond acceptors (Lipinski definition) is 6. The summed E-state index contributed by atoms with van der Waals surface area (Å²) in [6.07, 6.45) is 2.14. The van der Waals surface area contributed by atoms with Crippen LogP contribution >= 0.6 is 11.6 Å². The van der Waals surface area contributed by atoms with Gasteiger partial charge in [0.25, 0.3) is 5.91 Å².